The zero-order valence-corrected chi connectivity index (χ0v) is 12.3. The average Bonchev–Trinajstić information content (AvgIpc) is 2.91. The van der Waals surface area contributed by atoms with E-state index in [1.165, 1.54) is 29.5 Å². The number of hydrogen-bond donors (Lipinski definition) is 0. The first-order valence-electron chi connectivity index (χ1n) is 7.15. The molecule has 0 aromatic carbocycles. The second-order valence-corrected chi connectivity index (χ2v) is 6.50. The predicted octanol–water partition coefficient (Wildman–Crippen LogP) is 4.44. The van der Waals surface area contributed by atoms with Crippen molar-refractivity contribution in [1.82, 2.24) is 9.97 Å². The Labute approximate surface area is 126 Å². The molecule has 3 heterocycles. The van der Waals surface area contributed by atoms with Crippen LogP contribution in [0.3, 0.4) is 0 Å². The van der Waals surface area contributed by atoms with Crippen LogP contribution in [0, 0.1) is 0 Å². The summed E-state index contributed by atoms with van der Waals surface area (Å²) in [5.41, 5.74) is 4.00. The van der Waals surface area contributed by atoms with Crippen LogP contribution >= 0.6 is 11.3 Å². The monoisotopic (exact) mass is 294 g/mol. The maximum absolute atomic E-state index is 10.7. The van der Waals surface area contributed by atoms with Crippen LogP contribution in [-0.4, -0.2) is 16.3 Å². The number of carbonyl (C=O) groups is 1. The van der Waals surface area contributed by atoms with Crippen LogP contribution in [0.1, 0.15) is 41.1 Å². The third-order valence-corrected chi connectivity index (χ3v) is 5.36. The minimum atomic E-state index is 0.605. The summed E-state index contributed by atoms with van der Waals surface area (Å²) in [6, 6.07) is 7.97. The number of nitrogens with zero attached hydrogens (tertiary/aromatic N) is 2. The van der Waals surface area contributed by atoms with Gasteiger partial charge in [-0.1, -0.05) is 6.42 Å². The van der Waals surface area contributed by atoms with Crippen LogP contribution in [0.4, 0.5) is 0 Å². The van der Waals surface area contributed by atoms with Gasteiger partial charge in [-0.15, -0.1) is 11.3 Å². The number of thiophene rings is 1. The largest absolute Gasteiger partial charge is 0.298 e. The molecule has 3 nitrogen and oxygen atoms in total. The van der Waals surface area contributed by atoms with Crippen molar-refractivity contribution >= 4 is 27.8 Å². The van der Waals surface area contributed by atoms with Crippen molar-refractivity contribution < 1.29 is 4.79 Å². The molecule has 0 amide bonds. The van der Waals surface area contributed by atoms with Gasteiger partial charge in [-0.05, 0) is 48.6 Å². The standard InChI is InChI=1S/C17H14N2OS/c20-10-11-4-5-14(19-9-11)16-8-15-17(21-16)13(6-7-18-15)12-2-1-3-12/h4-10,12H,1-3H2. The molecule has 4 rings (SSSR count). The van der Waals surface area contributed by atoms with Gasteiger partial charge in [0.05, 0.1) is 20.8 Å². The summed E-state index contributed by atoms with van der Waals surface area (Å²) in [6.07, 6.45) is 8.26. The molecule has 1 fully saturated rings. The number of aromatic nitrogens is 2. The minimum Gasteiger partial charge on any atom is -0.298 e. The smallest absolute Gasteiger partial charge is 0.151 e. The molecule has 0 bridgehead atoms. The average molecular weight is 294 g/mol. The van der Waals surface area contributed by atoms with Crippen molar-refractivity contribution in [3.8, 4) is 10.6 Å². The van der Waals surface area contributed by atoms with Crippen molar-refractivity contribution in [2.75, 3.05) is 0 Å². The zero-order chi connectivity index (χ0) is 14.2. The number of pyridine rings is 2. The Morgan fingerprint density at radius 2 is 2.10 bits per heavy atom. The van der Waals surface area contributed by atoms with Crippen LogP contribution in [0.15, 0.2) is 36.7 Å². The van der Waals surface area contributed by atoms with Crippen LogP contribution in [-0.2, 0) is 0 Å². The summed E-state index contributed by atoms with van der Waals surface area (Å²) in [4.78, 5) is 20.7. The first kappa shape index (κ1) is 12.7. The normalized spacial score (nSPS) is 15.0. The van der Waals surface area contributed by atoms with E-state index in [0.717, 1.165) is 22.4 Å². The molecule has 104 valence electrons. The van der Waals surface area contributed by atoms with Crippen molar-refractivity contribution in [2.24, 2.45) is 0 Å². The van der Waals surface area contributed by atoms with Gasteiger partial charge in [0.1, 0.15) is 0 Å². The highest BCUT2D eigenvalue weighted by atomic mass is 32.1. The van der Waals surface area contributed by atoms with E-state index >= 15 is 0 Å². The first-order valence-corrected chi connectivity index (χ1v) is 7.97. The summed E-state index contributed by atoms with van der Waals surface area (Å²) < 4.78 is 1.29. The second-order valence-electron chi connectivity index (χ2n) is 5.45. The molecule has 21 heavy (non-hydrogen) atoms. The third kappa shape index (κ3) is 2.16. The van der Waals surface area contributed by atoms with Gasteiger partial charge in [0.25, 0.3) is 0 Å². The van der Waals surface area contributed by atoms with E-state index in [0.29, 0.717) is 11.5 Å². The van der Waals surface area contributed by atoms with Gasteiger partial charge < -0.3 is 0 Å². The molecule has 4 heteroatoms. The summed E-state index contributed by atoms with van der Waals surface area (Å²) in [5.74, 6) is 0.701. The van der Waals surface area contributed by atoms with Gasteiger partial charge in [-0.2, -0.15) is 0 Å². The van der Waals surface area contributed by atoms with Crippen LogP contribution in [0.5, 0.6) is 0 Å². The molecule has 1 aliphatic carbocycles. The summed E-state index contributed by atoms with van der Waals surface area (Å²) in [6.45, 7) is 0. The Morgan fingerprint density at radius 1 is 1.19 bits per heavy atom. The highest BCUT2D eigenvalue weighted by Crippen LogP contribution is 2.42. The quantitative estimate of drug-likeness (QED) is 0.671. The van der Waals surface area contributed by atoms with Gasteiger partial charge in [-0.25, -0.2) is 0 Å². The van der Waals surface area contributed by atoms with E-state index in [1.54, 1.807) is 23.6 Å². The minimum absolute atomic E-state index is 0.605. The van der Waals surface area contributed by atoms with Crippen LogP contribution < -0.4 is 0 Å². The molecule has 0 aliphatic heterocycles. The van der Waals surface area contributed by atoms with E-state index in [4.69, 9.17) is 0 Å². The maximum atomic E-state index is 10.7. The lowest BCUT2D eigenvalue weighted by atomic mass is 9.80. The summed E-state index contributed by atoms with van der Waals surface area (Å²) >= 11 is 1.75. The molecule has 3 aromatic heterocycles. The molecule has 0 radical (unpaired) electrons. The molecule has 0 unspecified atom stereocenters. The highest BCUT2D eigenvalue weighted by Gasteiger charge is 2.22. The number of rotatable bonds is 3. The van der Waals surface area contributed by atoms with Crippen LogP contribution in [0.2, 0.25) is 0 Å². The first-order chi connectivity index (χ1) is 10.3. The Balaban J connectivity index is 1.80. The van der Waals surface area contributed by atoms with Crippen molar-refractivity contribution in [3.63, 3.8) is 0 Å². The Morgan fingerprint density at radius 3 is 2.76 bits per heavy atom. The molecule has 0 N–H and O–H groups in total. The molecular weight excluding hydrogens is 280 g/mol. The summed E-state index contributed by atoms with van der Waals surface area (Å²) in [7, 11) is 0. The SMILES string of the molecule is O=Cc1ccc(-c2cc3nccc(C4CCC4)c3s2)nc1. The van der Waals surface area contributed by atoms with Crippen LogP contribution in [0.25, 0.3) is 20.8 Å². The van der Waals surface area contributed by atoms with Crippen molar-refractivity contribution in [1.29, 1.82) is 0 Å². The predicted molar refractivity (Wildman–Crippen MR) is 84.8 cm³/mol. The third-order valence-electron chi connectivity index (χ3n) is 4.16. The fourth-order valence-corrected chi connectivity index (χ4v) is 3.93. The van der Waals surface area contributed by atoms with E-state index < -0.39 is 0 Å². The van der Waals surface area contributed by atoms with Gasteiger partial charge in [0, 0.05) is 18.0 Å². The number of hydrogen-bond acceptors (Lipinski definition) is 4. The maximum Gasteiger partial charge on any atom is 0.151 e. The molecule has 0 saturated heterocycles. The highest BCUT2D eigenvalue weighted by molar-refractivity contribution is 7.22. The van der Waals surface area contributed by atoms with Gasteiger partial charge in [-0.3, -0.25) is 14.8 Å². The molecule has 1 saturated carbocycles. The molecule has 0 atom stereocenters. The second kappa shape index (κ2) is 5.04. The fraction of sp³-hybridized carbons (Fsp3) is 0.235. The van der Waals surface area contributed by atoms with Gasteiger partial charge >= 0.3 is 0 Å². The van der Waals surface area contributed by atoms with E-state index in [1.807, 2.05) is 12.3 Å². The molecular formula is C17H14N2OS. The van der Waals surface area contributed by atoms with E-state index in [9.17, 15) is 4.79 Å². The summed E-state index contributed by atoms with van der Waals surface area (Å²) in [5, 5.41) is 0. The van der Waals surface area contributed by atoms with Gasteiger partial charge in [0.15, 0.2) is 6.29 Å². The number of aldehydes is 1. The van der Waals surface area contributed by atoms with Crippen molar-refractivity contribution in [2.45, 2.75) is 25.2 Å². The topological polar surface area (TPSA) is 42.9 Å². The van der Waals surface area contributed by atoms with E-state index in [2.05, 4.69) is 22.1 Å². The lowest BCUT2D eigenvalue weighted by molar-refractivity contribution is 0.112. The fourth-order valence-electron chi connectivity index (χ4n) is 2.75. The zero-order valence-electron chi connectivity index (χ0n) is 11.5. The Kier molecular flexibility index (Phi) is 3.04. The molecule has 1 aliphatic rings. The lowest BCUT2D eigenvalue weighted by Crippen LogP contribution is -2.08. The number of carbonyl (C=O) groups excluding carboxylic acids is 1. The Bertz CT molecular complexity index is 803. The Hall–Kier alpha value is -2.07. The lowest BCUT2D eigenvalue weighted by Gasteiger charge is -2.25. The number of fused-ring (bicyclic) bond motifs is 1. The van der Waals surface area contributed by atoms with E-state index in [-0.39, 0.29) is 0 Å². The van der Waals surface area contributed by atoms with Crippen molar-refractivity contribution in [3.05, 3.63) is 47.8 Å². The molecule has 0 spiro atoms. The molecule has 3 aromatic rings. The van der Waals surface area contributed by atoms with Gasteiger partial charge in [0.2, 0.25) is 0 Å².